The van der Waals surface area contributed by atoms with Crippen molar-refractivity contribution in [1.29, 1.82) is 0 Å². The zero-order valence-corrected chi connectivity index (χ0v) is 14.0. The number of amides is 2. The minimum Gasteiger partial charge on any atom is -0.350 e. The van der Waals surface area contributed by atoms with E-state index in [1.165, 1.54) is 0 Å². The van der Waals surface area contributed by atoms with Crippen LogP contribution < -0.4 is 10.6 Å². The van der Waals surface area contributed by atoms with Crippen LogP contribution in [0.25, 0.3) is 0 Å². The Balaban J connectivity index is 1.99. The van der Waals surface area contributed by atoms with Gasteiger partial charge in [0.2, 0.25) is 5.91 Å². The predicted molar refractivity (Wildman–Crippen MR) is 93.2 cm³/mol. The Hall–Kier alpha value is -2.69. The number of nitrogens with one attached hydrogen (secondary N) is 2. The van der Waals surface area contributed by atoms with Crippen molar-refractivity contribution in [3.05, 3.63) is 66.0 Å². The lowest BCUT2D eigenvalue weighted by molar-refractivity contribution is -0.123. The highest BCUT2D eigenvalue weighted by atomic mass is 16.2. The standard InChI is InChI=1S/C19H23N3O2/c1-14(2)11-17(22-18(23)16-8-4-3-5-9-16)19(24)21-13-15-7-6-10-20-12-15/h3-10,12,14,17H,11,13H2,1-2H3,(H,21,24)(H,22,23)/t17-/m0/s1. The molecule has 2 rings (SSSR count). The molecule has 0 radical (unpaired) electrons. The van der Waals surface area contributed by atoms with E-state index in [-0.39, 0.29) is 17.7 Å². The average Bonchev–Trinajstić information content (AvgIpc) is 2.60. The second-order valence-corrected chi connectivity index (χ2v) is 6.10. The predicted octanol–water partition coefficient (Wildman–Crippen LogP) is 2.54. The lowest BCUT2D eigenvalue weighted by atomic mass is 10.0. The number of nitrogens with zero attached hydrogens (tertiary/aromatic N) is 1. The molecular formula is C19H23N3O2. The highest BCUT2D eigenvalue weighted by Crippen LogP contribution is 2.07. The molecule has 1 heterocycles. The molecule has 1 aromatic carbocycles. The van der Waals surface area contributed by atoms with Crippen LogP contribution in [0.5, 0.6) is 0 Å². The molecule has 1 aromatic heterocycles. The van der Waals surface area contributed by atoms with E-state index in [4.69, 9.17) is 0 Å². The van der Waals surface area contributed by atoms with Gasteiger partial charge in [-0.1, -0.05) is 38.1 Å². The van der Waals surface area contributed by atoms with Gasteiger partial charge >= 0.3 is 0 Å². The van der Waals surface area contributed by atoms with Crippen molar-refractivity contribution in [1.82, 2.24) is 15.6 Å². The van der Waals surface area contributed by atoms with Gasteiger partial charge in [0.15, 0.2) is 0 Å². The van der Waals surface area contributed by atoms with Crippen molar-refractivity contribution in [3.63, 3.8) is 0 Å². The van der Waals surface area contributed by atoms with E-state index in [1.807, 2.05) is 32.0 Å². The van der Waals surface area contributed by atoms with E-state index in [9.17, 15) is 9.59 Å². The second-order valence-electron chi connectivity index (χ2n) is 6.10. The molecular weight excluding hydrogens is 302 g/mol. The van der Waals surface area contributed by atoms with Gasteiger partial charge in [-0.15, -0.1) is 0 Å². The van der Waals surface area contributed by atoms with Gasteiger partial charge in [-0.05, 0) is 36.1 Å². The van der Waals surface area contributed by atoms with Crippen molar-refractivity contribution in [2.45, 2.75) is 32.9 Å². The number of pyridine rings is 1. The number of carbonyl (C=O) groups excluding carboxylic acids is 2. The zero-order valence-electron chi connectivity index (χ0n) is 14.0. The van der Waals surface area contributed by atoms with E-state index < -0.39 is 6.04 Å². The molecule has 0 aliphatic carbocycles. The highest BCUT2D eigenvalue weighted by Gasteiger charge is 2.22. The molecule has 24 heavy (non-hydrogen) atoms. The summed E-state index contributed by atoms with van der Waals surface area (Å²) >= 11 is 0. The molecule has 0 unspecified atom stereocenters. The van der Waals surface area contributed by atoms with E-state index >= 15 is 0 Å². The van der Waals surface area contributed by atoms with Gasteiger partial charge in [0.1, 0.15) is 6.04 Å². The van der Waals surface area contributed by atoms with Gasteiger partial charge < -0.3 is 10.6 Å². The van der Waals surface area contributed by atoms with Crippen molar-refractivity contribution < 1.29 is 9.59 Å². The largest absolute Gasteiger partial charge is 0.350 e. The van der Waals surface area contributed by atoms with Crippen LogP contribution in [0.1, 0.15) is 36.2 Å². The first-order valence-electron chi connectivity index (χ1n) is 8.09. The molecule has 0 saturated carbocycles. The fraction of sp³-hybridized carbons (Fsp3) is 0.316. The molecule has 5 nitrogen and oxygen atoms in total. The first-order valence-corrected chi connectivity index (χ1v) is 8.09. The van der Waals surface area contributed by atoms with E-state index in [0.717, 1.165) is 5.56 Å². The number of rotatable bonds is 7. The summed E-state index contributed by atoms with van der Waals surface area (Å²) in [5.41, 5.74) is 1.47. The van der Waals surface area contributed by atoms with Crippen LogP contribution in [0.2, 0.25) is 0 Å². The molecule has 1 atom stereocenters. The third-order valence-corrected chi connectivity index (χ3v) is 3.55. The maximum absolute atomic E-state index is 12.5. The average molecular weight is 325 g/mol. The van der Waals surface area contributed by atoms with Crippen molar-refractivity contribution >= 4 is 11.8 Å². The Kier molecular flexibility index (Phi) is 6.49. The first kappa shape index (κ1) is 17.7. The molecule has 0 spiro atoms. The van der Waals surface area contributed by atoms with Gasteiger partial charge in [0, 0.05) is 24.5 Å². The van der Waals surface area contributed by atoms with Crippen LogP contribution in [0.3, 0.4) is 0 Å². The summed E-state index contributed by atoms with van der Waals surface area (Å²) < 4.78 is 0. The van der Waals surface area contributed by atoms with Crippen LogP contribution in [-0.4, -0.2) is 22.8 Å². The molecule has 0 aliphatic rings. The Morgan fingerprint density at radius 1 is 1.08 bits per heavy atom. The molecule has 0 aliphatic heterocycles. The van der Waals surface area contributed by atoms with Crippen molar-refractivity contribution in [2.24, 2.45) is 5.92 Å². The highest BCUT2D eigenvalue weighted by molar-refractivity contribution is 5.97. The molecule has 126 valence electrons. The fourth-order valence-electron chi connectivity index (χ4n) is 2.35. The molecule has 0 bridgehead atoms. The molecule has 5 heteroatoms. The summed E-state index contributed by atoms with van der Waals surface area (Å²) in [6.45, 7) is 4.44. The Bertz CT molecular complexity index is 657. The Morgan fingerprint density at radius 3 is 2.46 bits per heavy atom. The maximum Gasteiger partial charge on any atom is 0.251 e. The van der Waals surface area contributed by atoms with E-state index in [0.29, 0.717) is 18.5 Å². The van der Waals surface area contributed by atoms with Gasteiger partial charge in [0.25, 0.3) is 5.91 Å². The van der Waals surface area contributed by atoms with Crippen LogP contribution in [-0.2, 0) is 11.3 Å². The molecule has 2 aromatic rings. The molecule has 0 saturated heterocycles. The SMILES string of the molecule is CC(C)C[C@H](NC(=O)c1ccccc1)C(=O)NCc1cccnc1. The molecule has 2 amide bonds. The summed E-state index contributed by atoms with van der Waals surface area (Å²) in [5, 5.41) is 5.70. The van der Waals surface area contributed by atoms with Gasteiger partial charge in [-0.25, -0.2) is 0 Å². The Labute approximate surface area is 142 Å². The topological polar surface area (TPSA) is 71.1 Å². The lowest BCUT2D eigenvalue weighted by Gasteiger charge is -2.20. The number of benzene rings is 1. The van der Waals surface area contributed by atoms with Crippen LogP contribution in [0, 0.1) is 5.92 Å². The number of aromatic nitrogens is 1. The summed E-state index contributed by atoms with van der Waals surface area (Å²) in [4.78, 5) is 28.8. The van der Waals surface area contributed by atoms with Gasteiger partial charge in [0.05, 0.1) is 0 Å². The monoisotopic (exact) mass is 325 g/mol. The lowest BCUT2D eigenvalue weighted by Crippen LogP contribution is -2.47. The number of hydrogen-bond donors (Lipinski definition) is 2. The molecule has 2 N–H and O–H groups in total. The van der Waals surface area contributed by atoms with Crippen LogP contribution >= 0.6 is 0 Å². The zero-order chi connectivity index (χ0) is 17.4. The summed E-state index contributed by atoms with van der Waals surface area (Å²) in [5.74, 6) is -0.134. The van der Waals surface area contributed by atoms with Crippen molar-refractivity contribution in [2.75, 3.05) is 0 Å². The first-order chi connectivity index (χ1) is 11.6. The number of hydrogen-bond acceptors (Lipinski definition) is 3. The van der Waals surface area contributed by atoms with Crippen LogP contribution in [0.15, 0.2) is 54.9 Å². The summed E-state index contributed by atoms with van der Waals surface area (Å²) in [7, 11) is 0. The summed E-state index contributed by atoms with van der Waals surface area (Å²) in [6.07, 6.45) is 3.98. The third-order valence-electron chi connectivity index (χ3n) is 3.55. The van der Waals surface area contributed by atoms with E-state index in [1.54, 1.807) is 36.7 Å². The fourth-order valence-corrected chi connectivity index (χ4v) is 2.35. The second kappa shape index (κ2) is 8.82. The minimum atomic E-state index is -0.561. The summed E-state index contributed by atoms with van der Waals surface area (Å²) in [6, 6.07) is 12.1. The maximum atomic E-state index is 12.5. The number of carbonyl (C=O) groups is 2. The van der Waals surface area contributed by atoms with Gasteiger partial charge in [-0.2, -0.15) is 0 Å². The molecule has 0 fully saturated rings. The third kappa shape index (κ3) is 5.50. The smallest absolute Gasteiger partial charge is 0.251 e. The van der Waals surface area contributed by atoms with Crippen molar-refractivity contribution in [3.8, 4) is 0 Å². The van der Waals surface area contributed by atoms with Crippen LogP contribution in [0.4, 0.5) is 0 Å². The minimum absolute atomic E-state index is 0.183. The van der Waals surface area contributed by atoms with E-state index in [2.05, 4.69) is 15.6 Å². The normalized spacial score (nSPS) is 11.8. The van der Waals surface area contributed by atoms with Gasteiger partial charge in [-0.3, -0.25) is 14.6 Å². The Morgan fingerprint density at radius 2 is 1.83 bits per heavy atom. The quantitative estimate of drug-likeness (QED) is 0.822.